The van der Waals surface area contributed by atoms with Gasteiger partial charge in [0.1, 0.15) is 11.9 Å². The Morgan fingerprint density at radius 3 is 2.08 bits per heavy atom. The molecule has 0 bridgehead atoms. The Hall–Kier alpha value is -1.10. The van der Waals surface area contributed by atoms with Crippen LogP contribution in [0.1, 0.15) is 58.3 Å². The molecule has 4 nitrogen and oxygen atoms in total. The zero-order chi connectivity index (χ0) is 18.2. The molecule has 0 heterocycles. The average molecular weight is 352 g/mol. The number of ether oxygens (including phenoxy) is 1. The molecule has 0 radical (unpaired) electrons. The van der Waals surface area contributed by atoms with E-state index in [0.29, 0.717) is 13.1 Å². The number of nitrogens with zero attached hydrogens (tertiary/aromatic N) is 1. The number of aliphatic hydroxyl groups is 2. The third-order valence-electron chi connectivity index (χ3n) is 4.47. The lowest BCUT2D eigenvalue weighted by Crippen LogP contribution is -2.39. The summed E-state index contributed by atoms with van der Waals surface area (Å²) in [5.41, 5.74) is 0. The molecular formula is C21H37NO3. The highest BCUT2D eigenvalue weighted by Crippen LogP contribution is 2.17. The van der Waals surface area contributed by atoms with Gasteiger partial charge in [0.2, 0.25) is 0 Å². The van der Waals surface area contributed by atoms with Crippen molar-refractivity contribution < 1.29 is 14.9 Å². The van der Waals surface area contributed by atoms with Gasteiger partial charge in [0.25, 0.3) is 0 Å². The number of para-hydroxylation sites is 1. The molecule has 0 saturated carbocycles. The van der Waals surface area contributed by atoms with Gasteiger partial charge in [-0.05, 0) is 25.0 Å². The second-order valence-electron chi connectivity index (χ2n) is 6.71. The molecule has 25 heavy (non-hydrogen) atoms. The maximum Gasteiger partial charge on any atom is 0.119 e. The topological polar surface area (TPSA) is 52.9 Å². The Morgan fingerprint density at radius 2 is 1.48 bits per heavy atom. The van der Waals surface area contributed by atoms with E-state index in [-0.39, 0.29) is 19.3 Å². The standard InChI is InChI=1S/C21H37NO3/c1-2-3-4-5-6-7-9-14-21(19-22(15-17-23)16-18-24)25-20-12-10-8-11-13-20/h8,10-13,21,23-24H,2-7,9,14-19H2,1H3. The molecule has 0 aromatic heterocycles. The lowest BCUT2D eigenvalue weighted by atomic mass is 10.1. The van der Waals surface area contributed by atoms with Crippen molar-refractivity contribution in [2.24, 2.45) is 0 Å². The summed E-state index contributed by atoms with van der Waals surface area (Å²) in [5.74, 6) is 0.892. The molecule has 1 aromatic carbocycles. The van der Waals surface area contributed by atoms with Crippen LogP contribution in [-0.2, 0) is 0 Å². The summed E-state index contributed by atoms with van der Waals surface area (Å²) in [4.78, 5) is 2.08. The smallest absolute Gasteiger partial charge is 0.119 e. The number of benzene rings is 1. The average Bonchev–Trinajstić information content (AvgIpc) is 2.62. The summed E-state index contributed by atoms with van der Waals surface area (Å²) in [5, 5.41) is 18.4. The van der Waals surface area contributed by atoms with E-state index in [2.05, 4.69) is 11.8 Å². The summed E-state index contributed by atoms with van der Waals surface area (Å²) in [6, 6.07) is 9.93. The summed E-state index contributed by atoms with van der Waals surface area (Å²) in [6.07, 6.45) is 10.1. The predicted octanol–water partition coefficient (Wildman–Crippen LogP) is 3.86. The SMILES string of the molecule is CCCCCCCCCC(CN(CCO)CCO)Oc1ccccc1. The maximum atomic E-state index is 9.22. The number of unbranched alkanes of at least 4 members (excludes halogenated alkanes) is 6. The van der Waals surface area contributed by atoms with Crippen molar-refractivity contribution in [1.82, 2.24) is 4.90 Å². The molecule has 144 valence electrons. The maximum absolute atomic E-state index is 9.22. The summed E-state index contributed by atoms with van der Waals surface area (Å²) < 4.78 is 6.18. The molecule has 0 saturated heterocycles. The van der Waals surface area contributed by atoms with Gasteiger partial charge >= 0.3 is 0 Å². The van der Waals surface area contributed by atoms with E-state index in [1.54, 1.807) is 0 Å². The van der Waals surface area contributed by atoms with E-state index < -0.39 is 0 Å². The largest absolute Gasteiger partial charge is 0.489 e. The number of hydrogen-bond acceptors (Lipinski definition) is 4. The molecule has 1 atom stereocenters. The molecule has 0 spiro atoms. The Bertz CT molecular complexity index is 393. The van der Waals surface area contributed by atoms with Crippen LogP contribution >= 0.6 is 0 Å². The van der Waals surface area contributed by atoms with Crippen LogP contribution in [0.3, 0.4) is 0 Å². The van der Waals surface area contributed by atoms with Crippen molar-refractivity contribution in [3.63, 3.8) is 0 Å². The molecule has 0 aliphatic rings. The van der Waals surface area contributed by atoms with E-state index in [0.717, 1.165) is 25.1 Å². The first-order valence-corrected chi connectivity index (χ1v) is 9.96. The van der Waals surface area contributed by atoms with Crippen LogP contribution in [0, 0.1) is 0 Å². The minimum absolute atomic E-state index is 0.0936. The van der Waals surface area contributed by atoms with Crippen LogP contribution in [0.2, 0.25) is 0 Å². The van der Waals surface area contributed by atoms with Crippen molar-refractivity contribution >= 4 is 0 Å². The minimum atomic E-state index is 0.0936. The summed E-state index contributed by atoms with van der Waals surface area (Å²) in [6.45, 7) is 4.35. The fourth-order valence-corrected chi connectivity index (χ4v) is 3.07. The molecule has 0 aliphatic carbocycles. The van der Waals surface area contributed by atoms with Crippen molar-refractivity contribution in [3.05, 3.63) is 30.3 Å². The zero-order valence-electron chi connectivity index (χ0n) is 15.9. The van der Waals surface area contributed by atoms with Gasteiger partial charge in [-0.3, -0.25) is 4.90 Å². The van der Waals surface area contributed by atoms with Gasteiger partial charge in [-0.15, -0.1) is 0 Å². The van der Waals surface area contributed by atoms with Gasteiger partial charge in [0.05, 0.1) is 13.2 Å². The number of hydrogen-bond donors (Lipinski definition) is 2. The van der Waals surface area contributed by atoms with E-state index in [1.165, 1.54) is 38.5 Å². The van der Waals surface area contributed by atoms with Gasteiger partial charge in [0, 0.05) is 19.6 Å². The molecule has 1 aromatic rings. The highest BCUT2D eigenvalue weighted by molar-refractivity contribution is 5.21. The number of aliphatic hydroxyl groups excluding tert-OH is 2. The van der Waals surface area contributed by atoms with Crippen molar-refractivity contribution in [3.8, 4) is 5.75 Å². The highest BCUT2D eigenvalue weighted by Gasteiger charge is 2.15. The summed E-state index contributed by atoms with van der Waals surface area (Å²) >= 11 is 0. The molecular weight excluding hydrogens is 314 g/mol. The molecule has 1 unspecified atom stereocenters. The van der Waals surface area contributed by atoms with Crippen LogP contribution in [0.15, 0.2) is 30.3 Å². The summed E-state index contributed by atoms with van der Waals surface area (Å²) in [7, 11) is 0. The number of rotatable bonds is 16. The van der Waals surface area contributed by atoms with E-state index in [9.17, 15) is 10.2 Å². The lowest BCUT2D eigenvalue weighted by Gasteiger charge is -2.27. The fraction of sp³-hybridized carbons (Fsp3) is 0.714. The highest BCUT2D eigenvalue weighted by atomic mass is 16.5. The van der Waals surface area contributed by atoms with E-state index in [1.807, 2.05) is 30.3 Å². The Balaban J connectivity index is 2.43. The van der Waals surface area contributed by atoms with Gasteiger partial charge in [0.15, 0.2) is 0 Å². The molecule has 4 heteroatoms. The van der Waals surface area contributed by atoms with Gasteiger partial charge in [-0.1, -0.05) is 63.6 Å². The normalized spacial score (nSPS) is 12.5. The molecule has 0 amide bonds. The quantitative estimate of drug-likeness (QED) is 0.444. The van der Waals surface area contributed by atoms with Crippen molar-refractivity contribution in [2.75, 3.05) is 32.8 Å². The Labute approximate surface area is 153 Å². The first-order valence-electron chi connectivity index (χ1n) is 9.96. The first-order chi connectivity index (χ1) is 12.3. The van der Waals surface area contributed by atoms with E-state index in [4.69, 9.17) is 4.74 Å². The molecule has 0 fully saturated rings. The third-order valence-corrected chi connectivity index (χ3v) is 4.47. The van der Waals surface area contributed by atoms with Gasteiger partial charge in [-0.2, -0.15) is 0 Å². The fourth-order valence-electron chi connectivity index (χ4n) is 3.07. The van der Waals surface area contributed by atoms with Gasteiger partial charge in [-0.25, -0.2) is 0 Å². The molecule has 1 rings (SSSR count). The van der Waals surface area contributed by atoms with Crippen LogP contribution < -0.4 is 4.74 Å². The molecule has 2 N–H and O–H groups in total. The van der Waals surface area contributed by atoms with Crippen LogP contribution in [-0.4, -0.2) is 54.1 Å². The Morgan fingerprint density at radius 1 is 0.880 bits per heavy atom. The predicted molar refractivity (Wildman–Crippen MR) is 104 cm³/mol. The third kappa shape index (κ3) is 11.2. The zero-order valence-corrected chi connectivity index (χ0v) is 15.9. The molecule has 0 aliphatic heterocycles. The monoisotopic (exact) mass is 351 g/mol. The first kappa shape index (κ1) is 21.9. The van der Waals surface area contributed by atoms with Crippen LogP contribution in [0.5, 0.6) is 5.75 Å². The van der Waals surface area contributed by atoms with E-state index >= 15 is 0 Å². The van der Waals surface area contributed by atoms with Gasteiger partial charge < -0.3 is 14.9 Å². The second-order valence-corrected chi connectivity index (χ2v) is 6.71. The van der Waals surface area contributed by atoms with Crippen molar-refractivity contribution in [1.29, 1.82) is 0 Å². The second kappa shape index (κ2) is 15.2. The van der Waals surface area contributed by atoms with Crippen molar-refractivity contribution in [2.45, 2.75) is 64.4 Å². The van der Waals surface area contributed by atoms with Crippen LogP contribution in [0.4, 0.5) is 0 Å². The Kier molecular flexibility index (Phi) is 13.3. The van der Waals surface area contributed by atoms with Crippen LogP contribution in [0.25, 0.3) is 0 Å². The minimum Gasteiger partial charge on any atom is -0.489 e. The lowest BCUT2D eigenvalue weighted by molar-refractivity contribution is 0.0947.